The number of carbonyl (C=O) groups is 2. The molecule has 5 nitrogen and oxygen atoms in total. The predicted molar refractivity (Wildman–Crippen MR) is 68.6 cm³/mol. The van der Waals surface area contributed by atoms with E-state index in [0.29, 0.717) is 5.56 Å². The number of carboxylic acid groups (broad SMARTS) is 1. The second-order valence-electron chi connectivity index (χ2n) is 4.37. The van der Waals surface area contributed by atoms with Crippen LogP contribution in [0.5, 0.6) is 0 Å². The molecule has 0 unspecified atom stereocenters. The highest BCUT2D eigenvalue weighted by molar-refractivity contribution is 5.84. The molecule has 116 valence electrons. The maximum absolute atomic E-state index is 11.9. The van der Waals surface area contributed by atoms with Gasteiger partial charge in [-0.05, 0) is 5.56 Å². The number of amides is 1. The molecule has 0 fully saturated rings. The zero-order valence-electron chi connectivity index (χ0n) is 11.0. The Bertz CT molecular complexity index is 477. The summed E-state index contributed by atoms with van der Waals surface area (Å²) in [5.74, 6) is -2.05. The van der Waals surface area contributed by atoms with Crippen LogP contribution in [0.25, 0.3) is 0 Å². The third-order valence-corrected chi connectivity index (χ3v) is 2.53. The minimum Gasteiger partial charge on any atom is -0.480 e. The quantitative estimate of drug-likeness (QED) is 0.701. The van der Waals surface area contributed by atoms with Gasteiger partial charge in [-0.1, -0.05) is 30.3 Å². The van der Waals surface area contributed by atoms with E-state index < -0.39 is 37.2 Å². The minimum absolute atomic E-state index is 0.0567. The van der Waals surface area contributed by atoms with Crippen molar-refractivity contribution in [2.45, 2.75) is 18.6 Å². The van der Waals surface area contributed by atoms with E-state index in [0.717, 1.165) is 0 Å². The van der Waals surface area contributed by atoms with Crippen molar-refractivity contribution in [1.29, 1.82) is 0 Å². The Kier molecular flexibility index (Phi) is 6.16. The number of nitrogens with one attached hydrogen (secondary N) is 2. The molecule has 0 aliphatic rings. The van der Waals surface area contributed by atoms with Crippen LogP contribution >= 0.6 is 0 Å². The molecule has 0 bridgehead atoms. The first-order chi connectivity index (χ1) is 9.78. The first kappa shape index (κ1) is 17.0. The molecule has 1 aromatic carbocycles. The van der Waals surface area contributed by atoms with Crippen molar-refractivity contribution in [3.8, 4) is 0 Å². The molecule has 1 rings (SSSR count). The second-order valence-corrected chi connectivity index (χ2v) is 4.37. The van der Waals surface area contributed by atoms with Crippen molar-refractivity contribution >= 4 is 11.9 Å². The number of halogens is 3. The Hall–Kier alpha value is -2.09. The lowest BCUT2D eigenvalue weighted by Crippen LogP contribution is -2.46. The van der Waals surface area contributed by atoms with Gasteiger partial charge in [0.15, 0.2) is 0 Å². The summed E-state index contributed by atoms with van der Waals surface area (Å²) in [6, 6.07) is 7.42. The second kappa shape index (κ2) is 7.63. The SMILES string of the molecule is O=C(CNCC(F)(F)F)N[C@@H](Cc1ccccc1)C(=O)O. The number of carboxylic acids is 1. The van der Waals surface area contributed by atoms with Gasteiger partial charge in [-0.2, -0.15) is 13.2 Å². The van der Waals surface area contributed by atoms with Gasteiger partial charge in [0.25, 0.3) is 0 Å². The fraction of sp³-hybridized carbons (Fsp3) is 0.385. The summed E-state index contributed by atoms with van der Waals surface area (Å²) in [6.45, 7) is -1.91. The largest absolute Gasteiger partial charge is 0.480 e. The Morgan fingerprint density at radius 1 is 1.19 bits per heavy atom. The van der Waals surface area contributed by atoms with Gasteiger partial charge in [0, 0.05) is 6.42 Å². The van der Waals surface area contributed by atoms with E-state index in [1.807, 2.05) is 5.32 Å². The number of carbonyl (C=O) groups excluding carboxylic acids is 1. The summed E-state index contributed by atoms with van der Waals surface area (Å²) in [7, 11) is 0. The van der Waals surface area contributed by atoms with Gasteiger partial charge in [0.05, 0.1) is 13.1 Å². The number of hydrogen-bond acceptors (Lipinski definition) is 3. The van der Waals surface area contributed by atoms with E-state index >= 15 is 0 Å². The van der Waals surface area contributed by atoms with E-state index in [1.54, 1.807) is 30.3 Å². The Labute approximate surface area is 119 Å². The summed E-state index contributed by atoms with van der Waals surface area (Å²) in [5, 5.41) is 13.1. The Morgan fingerprint density at radius 2 is 1.81 bits per heavy atom. The molecule has 0 saturated heterocycles. The average molecular weight is 304 g/mol. The van der Waals surface area contributed by atoms with Crippen LogP contribution in [-0.2, 0) is 16.0 Å². The van der Waals surface area contributed by atoms with E-state index in [2.05, 4.69) is 5.32 Å². The van der Waals surface area contributed by atoms with Crippen LogP contribution < -0.4 is 10.6 Å². The molecule has 1 atom stereocenters. The lowest BCUT2D eigenvalue weighted by atomic mass is 10.1. The van der Waals surface area contributed by atoms with Crippen LogP contribution in [0.1, 0.15) is 5.56 Å². The average Bonchev–Trinajstić information content (AvgIpc) is 2.37. The molecule has 0 spiro atoms. The smallest absolute Gasteiger partial charge is 0.401 e. The summed E-state index contributed by atoms with van der Waals surface area (Å²) in [6.07, 6.45) is -4.36. The maximum Gasteiger partial charge on any atom is 0.401 e. The molecular formula is C13H15F3N2O3. The molecule has 0 heterocycles. The van der Waals surface area contributed by atoms with Gasteiger partial charge in [-0.15, -0.1) is 0 Å². The highest BCUT2D eigenvalue weighted by Gasteiger charge is 2.27. The predicted octanol–water partition coefficient (Wildman–Crippen LogP) is 0.950. The fourth-order valence-electron chi connectivity index (χ4n) is 1.61. The molecule has 1 amide bonds. The molecule has 0 aliphatic carbocycles. The van der Waals surface area contributed by atoms with Gasteiger partial charge >= 0.3 is 12.1 Å². The lowest BCUT2D eigenvalue weighted by Gasteiger charge is -2.15. The topological polar surface area (TPSA) is 78.4 Å². The van der Waals surface area contributed by atoms with Gasteiger partial charge < -0.3 is 15.7 Å². The fourth-order valence-corrected chi connectivity index (χ4v) is 1.61. The van der Waals surface area contributed by atoms with Crippen molar-refractivity contribution in [3.63, 3.8) is 0 Å². The highest BCUT2D eigenvalue weighted by Crippen LogP contribution is 2.11. The number of hydrogen-bond donors (Lipinski definition) is 3. The van der Waals surface area contributed by atoms with Crippen molar-refractivity contribution in [2.75, 3.05) is 13.1 Å². The van der Waals surface area contributed by atoms with E-state index in [9.17, 15) is 22.8 Å². The normalized spacial score (nSPS) is 12.7. The molecule has 8 heteroatoms. The monoisotopic (exact) mass is 304 g/mol. The summed E-state index contributed by atoms with van der Waals surface area (Å²) >= 11 is 0. The Balaban J connectivity index is 2.47. The van der Waals surface area contributed by atoms with Crippen LogP contribution in [0, 0.1) is 0 Å². The number of benzene rings is 1. The maximum atomic E-state index is 11.9. The van der Waals surface area contributed by atoms with Crippen molar-refractivity contribution in [2.24, 2.45) is 0 Å². The minimum atomic E-state index is -4.42. The standard InChI is InChI=1S/C13H15F3N2O3/c14-13(15,16)8-17-7-11(19)18-10(12(20)21)6-9-4-2-1-3-5-9/h1-5,10,17H,6-8H2,(H,18,19)(H,20,21)/t10-/m0/s1. The molecular weight excluding hydrogens is 289 g/mol. The molecule has 0 radical (unpaired) electrons. The van der Waals surface area contributed by atoms with Gasteiger partial charge in [-0.3, -0.25) is 4.79 Å². The number of alkyl halides is 3. The van der Waals surface area contributed by atoms with Crippen molar-refractivity contribution < 1.29 is 27.9 Å². The Morgan fingerprint density at radius 3 is 2.33 bits per heavy atom. The molecule has 1 aromatic rings. The van der Waals surface area contributed by atoms with Gasteiger partial charge in [0.2, 0.25) is 5.91 Å². The van der Waals surface area contributed by atoms with Gasteiger partial charge in [0.1, 0.15) is 6.04 Å². The van der Waals surface area contributed by atoms with E-state index in [4.69, 9.17) is 5.11 Å². The molecule has 0 saturated carbocycles. The van der Waals surface area contributed by atoms with Crippen LogP contribution in [0.4, 0.5) is 13.2 Å². The first-order valence-electron chi connectivity index (χ1n) is 6.11. The van der Waals surface area contributed by atoms with Crippen LogP contribution in [0.3, 0.4) is 0 Å². The third-order valence-electron chi connectivity index (χ3n) is 2.53. The highest BCUT2D eigenvalue weighted by atomic mass is 19.4. The van der Waals surface area contributed by atoms with Crippen LogP contribution in [0.15, 0.2) is 30.3 Å². The first-order valence-corrected chi connectivity index (χ1v) is 6.11. The molecule has 21 heavy (non-hydrogen) atoms. The van der Waals surface area contributed by atoms with E-state index in [-0.39, 0.29) is 6.42 Å². The zero-order chi connectivity index (χ0) is 15.9. The van der Waals surface area contributed by atoms with Gasteiger partial charge in [-0.25, -0.2) is 4.79 Å². The lowest BCUT2D eigenvalue weighted by molar-refractivity contribution is -0.142. The van der Waals surface area contributed by atoms with Crippen LogP contribution in [-0.4, -0.2) is 42.3 Å². The van der Waals surface area contributed by atoms with E-state index in [1.165, 1.54) is 0 Å². The summed E-state index contributed by atoms with van der Waals surface area (Å²) in [4.78, 5) is 22.5. The number of aliphatic carboxylic acids is 1. The molecule has 0 aliphatic heterocycles. The number of rotatable bonds is 7. The zero-order valence-corrected chi connectivity index (χ0v) is 11.0. The van der Waals surface area contributed by atoms with Crippen molar-refractivity contribution in [3.05, 3.63) is 35.9 Å². The molecule has 3 N–H and O–H groups in total. The van der Waals surface area contributed by atoms with Crippen LogP contribution in [0.2, 0.25) is 0 Å². The van der Waals surface area contributed by atoms with Crippen molar-refractivity contribution in [1.82, 2.24) is 10.6 Å². The molecule has 0 aromatic heterocycles. The summed E-state index contributed by atoms with van der Waals surface area (Å²) < 4.78 is 35.7. The third kappa shape index (κ3) is 7.31. The summed E-state index contributed by atoms with van der Waals surface area (Å²) in [5.41, 5.74) is 0.702.